The highest BCUT2D eigenvalue weighted by Crippen LogP contribution is 2.56. The van der Waals surface area contributed by atoms with Gasteiger partial charge in [0.2, 0.25) is 0 Å². The number of rotatable bonds is 4. The lowest BCUT2D eigenvalue weighted by Crippen LogP contribution is -2.44. The first-order valence-electron chi connectivity index (χ1n) is 8.80. The summed E-state index contributed by atoms with van der Waals surface area (Å²) >= 11 is 0. The number of hydrogen-bond acceptors (Lipinski definition) is 5. The average Bonchev–Trinajstić information content (AvgIpc) is 2.73. The van der Waals surface area contributed by atoms with E-state index in [-0.39, 0.29) is 23.9 Å². The minimum Gasteiger partial charge on any atom is -0.496 e. The molecule has 0 radical (unpaired) electrons. The Morgan fingerprint density at radius 3 is 2.40 bits per heavy atom. The van der Waals surface area contributed by atoms with Crippen LogP contribution in [-0.2, 0) is 9.47 Å². The van der Waals surface area contributed by atoms with Gasteiger partial charge in [0.25, 0.3) is 0 Å². The third-order valence-electron chi connectivity index (χ3n) is 6.01. The molecule has 5 nitrogen and oxygen atoms in total. The van der Waals surface area contributed by atoms with Crippen molar-refractivity contribution < 1.29 is 23.7 Å². The van der Waals surface area contributed by atoms with Gasteiger partial charge in [0.05, 0.1) is 39.1 Å². The Labute approximate surface area is 148 Å². The van der Waals surface area contributed by atoms with Crippen molar-refractivity contribution in [1.29, 1.82) is 0 Å². The molecule has 5 unspecified atom stereocenters. The number of ether oxygens (including phenoxy) is 5. The molecule has 2 aliphatic heterocycles. The molecule has 25 heavy (non-hydrogen) atoms. The summed E-state index contributed by atoms with van der Waals surface area (Å²) in [4.78, 5) is 0. The average molecular weight is 346 g/mol. The second-order valence-corrected chi connectivity index (χ2v) is 7.38. The predicted octanol–water partition coefficient (Wildman–Crippen LogP) is 3.67. The SMILES string of the molecule is COc1cc(OC)c(C2CC3(C)OC4C(C)=CCC3C4O2)cc1OC. The van der Waals surface area contributed by atoms with E-state index in [2.05, 4.69) is 19.9 Å². The molecule has 0 N–H and O–H groups in total. The van der Waals surface area contributed by atoms with Gasteiger partial charge in [-0.2, -0.15) is 0 Å². The van der Waals surface area contributed by atoms with Crippen LogP contribution in [0, 0.1) is 5.92 Å². The maximum atomic E-state index is 6.54. The highest BCUT2D eigenvalue weighted by atomic mass is 16.6. The third-order valence-corrected chi connectivity index (χ3v) is 6.01. The molecule has 5 atom stereocenters. The molecule has 2 fully saturated rings. The standard InChI is InChI=1S/C20H26O5/c1-11-6-7-13-19-18(11)25-20(13,2)10-17(24-19)12-8-15(22-4)16(23-5)9-14(12)21-3/h6,8-9,13,17-19H,7,10H2,1-5H3. The van der Waals surface area contributed by atoms with Gasteiger partial charge in [-0.15, -0.1) is 0 Å². The van der Waals surface area contributed by atoms with E-state index in [1.807, 2.05) is 12.1 Å². The fraction of sp³-hybridized carbons (Fsp3) is 0.600. The van der Waals surface area contributed by atoms with E-state index >= 15 is 0 Å². The van der Waals surface area contributed by atoms with Crippen LogP contribution in [0.5, 0.6) is 17.2 Å². The van der Waals surface area contributed by atoms with Gasteiger partial charge in [-0.1, -0.05) is 6.08 Å². The molecule has 0 saturated carbocycles. The molecular formula is C20H26O5. The van der Waals surface area contributed by atoms with E-state index in [0.717, 1.165) is 24.2 Å². The first-order valence-corrected chi connectivity index (χ1v) is 8.80. The zero-order chi connectivity index (χ0) is 17.8. The summed E-state index contributed by atoms with van der Waals surface area (Å²) in [6, 6.07) is 3.83. The molecular weight excluding hydrogens is 320 g/mol. The Morgan fingerprint density at radius 2 is 1.72 bits per heavy atom. The van der Waals surface area contributed by atoms with Crippen molar-refractivity contribution in [3.05, 3.63) is 29.3 Å². The summed E-state index contributed by atoms with van der Waals surface area (Å²) < 4.78 is 29.5. The van der Waals surface area contributed by atoms with E-state index in [4.69, 9.17) is 23.7 Å². The van der Waals surface area contributed by atoms with Crippen LogP contribution >= 0.6 is 0 Å². The second kappa shape index (κ2) is 5.92. The number of hydrogen-bond donors (Lipinski definition) is 0. The van der Waals surface area contributed by atoms with Crippen LogP contribution < -0.4 is 14.2 Å². The van der Waals surface area contributed by atoms with Crippen LogP contribution in [0.3, 0.4) is 0 Å². The Bertz CT molecular complexity index is 712. The predicted molar refractivity (Wildman–Crippen MR) is 93.5 cm³/mol. The van der Waals surface area contributed by atoms with Crippen molar-refractivity contribution in [1.82, 2.24) is 0 Å². The molecule has 0 aromatic heterocycles. The lowest BCUT2D eigenvalue weighted by Gasteiger charge is -2.41. The quantitative estimate of drug-likeness (QED) is 0.779. The summed E-state index contributed by atoms with van der Waals surface area (Å²) in [5, 5.41) is 0. The molecule has 136 valence electrons. The van der Waals surface area contributed by atoms with Gasteiger partial charge >= 0.3 is 0 Å². The van der Waals surface area contributed by atoms with Crippen molar-refractivity contribution in [2.24, 2.45) is 5.92 Å². The Morgan fingerprint density at radius 1 is 1.04 bits per heavy atom. The van der Waals surface area contributed by atoms with Gasteiger partial charge < -0.3 is 23.7 Å². The largest absolute Gasteiger partial charge is 0.496 e. The zero-order valence-electron chi connectivity index (χ0n) is 15.5. The van der Waals surface area contributed by atoms with Crippen molar-refractivity contribution in [2.45, 2.75) is 50.6 Å². The van der Waals surface area contributed by atoms with E-state index in [9.17, 15) is 0 Å². The smallest absolute Gasteiger partial charge is 0.164 e. The molecule has 4 bridgehead atoms. The van der Waals surface area contributed by atoms with E-state index in [1.54, 1.807) is 21.3 Å². The van der Waals surface area contributed by atoms with Crippen molar-refractivity contribution in [3.63, 3.8) is 0 Å². The van der Waals surface area contributed by atoms with E-state index in [1.165, 1.54) is 5.57 Å². The van der Waals surface area contributed by atoms with Gasteiger partial charge in [0.1, 0.15) is 11.9 Å². The monoisotopic (exact) mass is 346 g/mol. The lowest BCUT2D eigenvalue weighted by molar-refractivity contribution is -0.104. The lowest BCUT2D eigenvalue weighted by atomic mass is 9.74. The maximum Gasteiger partial charge on any atom is 0.164 e. The molecule has 5 heteroatoms. The normalized spacial score (nSPS) is 36.0. The molecule has 1 aliphatic carbocycles. The number of allylic oxidation sites excluding steroid dienone is 1. The third kappa shape index (κ3) is 2.44. The summed E-state index contributed by atoms with van der Waals surface area (Å²) in [6.07, 6.45) is 4.22. The Kier molecular flexibility index (Phi) is 3.96. The molecule has 2 heterocycles. The molecule has 0 spiro atoms. The van der Waals surface area contributed by atoms with Crippen molar-refractivity contribution >= 4 is 0 Å². The maximum absolute atomic E-state index is 6.54. The van der Waals surface area contributed by atoms with Gasteiger partial charge in [0, 0.05) is 24.0 Å². The van der Waals surface area contributed by atoms with Crippen LogP contribution in [0.15, 0.2) is 23.8 Å². The topological polar surface area (TPSA) is 46.2 Å². The second-order valence-electron chi connectivity index (χ2n) is 7.38. The fourth-order valence-electron chi connectivity index (χ4n) is 4.63. The molecule has 3 aliphatic rings. The summed E-state index contributed by atoms with van der Waals surface area (Å²) in [5.74, 6) is 2.51. The van der Waals surface area contributed by atoms with Gasteiger partial charge in [0.15, 0.2) is 11.5 Å². The van der Waals surface area contributed by atoms with Gasteiger partial charge in [-0.25, -0.2) is 0 Å². The van der Waals surface area contributed by atoms with Crippen LogP contribution in [-0.4, -0.2) is 39.1 Å². The number of methoxy groups -OCH3 is 3. The Hall–Kier alpha value is -1.72. The summed E-state index contributed by atoms with van der Waals surface area (Å²) in [6.45, 7) is 4.36. The van der Waals surface area contributed by atoms with Crippen LogP contribution in [0.2, 0.25) is 0 Å². The van der Waals surface area contributed by atoms with Crippen LogP contribution in [0.4, 0.5) is 0 Å². The minimum absolute atomic E-state index is 0.0693. The molecule has 1 aromatic rings. The summed E-state index contributed by atoms with van der Waals surface area (Å²) in [7, 11) is 4.93. The van der Waals surface area contributed by atoms with Gasteiger partial charge in [-0.05, 0) is 31.9 Å². The molecule has 4 rings (SSSR count). The first kappa shape index (κ1) is 16.7. The highest BCUT2D eigenvalue weighted by molar-refractivity contribution is 5.52. The van der Waals surface area contributed by atoms with Crippen molar-refractivity contribution in [2.75, 3.05) is 21.3 Å². The molecule has 0 amide bonds. The number of benzene rings is 1. The van der Waals surface area contributed by atoms with Gasteiger partial charge in [-0.3, -0.25) is 0 Å². The highest BCUT2D eigenvalue weighted by Gasteiger charge is 2.59. The molecule has 2 saturated heterocycles. The molecule has 1 aromatic carbocycles. The van der Waals surface area contributed by atoms with Crippen molar-refractivity contribution in [3.8, 4) is 17.2 Å². The van der Waals surface area contributed by atoms with Crippen LogP contribution in [0.25, 0.3) is 0 Å². The van der Waals surface area contributed by atoms with Crippen LogP contribution in [0.1, 0.15) is 38.4 Å². The summed E-state index contributed by atoms with van der Waals surface area (Å²) in [5.41, 5.74) is 2.09. The Balaban J connectivity index is 1.71. The van der Waals surface area contributed by atoms with E-state index < -0.39 is 0 Å². The first-order chi connectivity index (χ1) is 12.0. The fourth-order valence-corrected chi connectivity index (χ4v) is 4.63. The minimum atomic E-state index is -0.176. The van der Waals surface area contributed by atoms with E-state index in [0.29, 0.717) is 17.4 Å². The zero-order valence-corrected chi connectivity index (χ0v) is 15.5.